The molecule has 3 aromatic rings. The van der Waals surface area contributed by atoms with Crippen molar-refractivity contribution in [3.63, 3.8) is 0 Å². The van der Waals surface area contributed by atoms with Crippen molar-refractivity contribution >= 4 is 21.8 Å². The minimum Gasteiger partial charge on any atom is -0.478 e. The van der Waals surface area contributed by atoms with Crippen molar-refractivity contribution in [3.05, 3.63) is 47.7 Å². The second-order valence-corrected chi connectivity index (χ2v) is 7.02. The van der Waals surface area contributed by atoms with Crippen molar-refractivity contribution in [2.45, 2.75) is 24.3 Å². The number of nitrogens with zero attached hydrogens (tertiary/aromatic N) is 2. The second-order valence-electron chi connectivity index (χ2n) is 5.66. The third-order valence-corrected chi connectivity index (χ3v) is 4.93. The van der Waals surface area contributed by atoms with E-state index in [4.69, 9.17) is 9.47 Å². The molecule has 0 fully saturated rings. The van der Waals surface area contributed by atoms with Crippen LogP contribution in [-0.2, 0) is 21.3 Å². The van der Waals surface area contributed by atoms with Gasteiger partial charge in [-0.2, -0.15) is 0 Å². The maximum absolute atomic E-state index is 12.7. The van der Waals surface area contributed by atoms with Crippen LogP contribution in [0.15, 0.2) is 41.6 Å². The van der Waals surface area contributed by atoms with Crippen LogP contribution in [0.2, 0.25) is 0 Å². The number of nitrogens with one attached hydrogen (secondary N) is 1. The number of pyridine rings is 1. The zero-order valence-corrected chi connectivity index (χ0v) is 18.1. The van der Waals surface area contributed by atoms with Gasteiger partial charge in [0.05, 0.1) is 39.9 Å². The smallest absolute Gasteiger partial charge is 0.478 e. The number of benzene rings is 1. The van der Waals surface area contributed by atoms with Gasteiger partial charge >= 0.3 is 29.6 Å². The summed E-state index contributed by atoms with van der Waals surface area (Å²) in [5.41, 5.74) is 3.42. The van der Waals surface area contributed by atoms with E-state index in [1.807, 2.05) is 43.3 Å². The number of imidazole rings is 1. The largest absolute Gasteiger partial charge is 1.00 e. The fourth-order valence-electron chi connectivity index (χ4n) is 2.39. The van der Waals surface area contributed by atoms with Gasteiger partial charge in [0.2, 0.25) is 5.88 Å². The van der Waals surface area contributed by atoms with Crippen LogP contribution >= 0.6 is 0 Å². The summed E-state index contributed by atoms with van der Waals surface area (Å²) in [6, 6.07) is 11.4. The van der Waals surface area contributed by atoms with Crippen LogP contribution in [-0.4, -0.2) is 39.5 Å². The molecule has 0 aliphatic rings. The van der Waals surface area contributed by atoms with Crippen molar-refractivity contribution in [3.8, 4) is 5.88 Å². The molecule has 0 saturated heterocycles. The van der Waals surface area contributed by atoms with Crippen molar-refractivity contribution < 1.29 is 43.2 Å². The molecule has 0 bridgehead atoms. The molecule has 0 aliphatic heterocycles. The zero-order valence-electron chi connectivity index (χ0n) is 15.3. The second kappa shape index (κ2) is 10.2. The van der Waals surface area contributed by atoms with E-state index in [0.717, 1.165) is 28.7 Å². The molecule has 8 heteroatoms. The van der Waals surface area contributed by atoms with E-state index in [-0.39, 0.29) is 29.6 Å². The van der Waals surface area contributed by atoms with E-state index in [2.05, 4.69) is 15.0 Å². The Bertz CT molecular complexity index is 852. The fraction of sp³-hybridized carbons (Fsp3) is 0.333. The number of rotatable bonds is 8. The predicted molar refractivity (Wildman–Crippen MR) is 97.2 cm³/mol. The summed E-state index contributed by atoms with van der Waals surface area (Å²) >= 11 is 0. The summed E-state index contributed by atoms with van der Waals surface area (Å²) in [4.78, 5) is 12.0. The molecule has 0 radical (unpaired) electrons. The fourth-order valence-corrected chi connectivity index (χ4v) is 3.49. The maximum Gasteiger partial charge on any atom is 1.00 e. The van der Waals surface area contributed by atoms with Crippen molar-refractivity contribution in [2.24, 2.45) is 0 Å². The number of aromatic nitrogens is 3. The number of hydrogen-bond donors (Lipinski definition) is 1. The van der Waals surface area contributed by atoms with E-state index >= 15 is 0 Å². The van der Waals surface area contributed by atoms with Crippen LogP contribution in [0.3, 0.4) is 0 Å². The number of hydrogen-bond acceptors (Lipinski definition) is 5. The summed E-state index contributed by atoms with van der Waals surface area (Å²) in [6.07, 6.45) is 0.798. The molecule has 1 aromatic carbocycles. The van der Waals surface area contributed by atoms with Crippen LogP contribution < -0.4 is 34.3 Å². The number of aryl methyl sites for hydroxylation is 1. The van der Waals surface area contributed by atoms with Gasteiger partial charge in [0.15, 0.2) is 5.16 Å². The van der Waals surface area contributed by atoms with Gasteiger partial charge in [-0.15, -0.1) is 0 Å². The summed E-state index contributed by atoms with van der Waals surface area (Å²) in [5.74, 6) is 0.833. The third kappa shape index (κ3) is 5.37. The normalized spacial score (nSPS) is 11.9. The van der Waals surface area contributed by atoms with Gasteiger partial charge in [-0.05, 0) is 24.6 Å². The molecule has 6 nitrogen and oxygen atoms in total. The van der Waals surface area contributed by atoms with Crippen molar-refractivity contribution in [1.82, 2.24) is 15.0 Å². The SMILES string of the molecule is COCCCOc1ccc(C)c(CS(=O)c2nc3ccccc3[nH]2)n1.[Na+]. The van der Waals surface area contributed by atoms with Gasteiger partial charge in [-0.3, -0.25) is 4.21 Å². The standard InChI is InChI=1S/C18H21N3O3S.Na/c1-13-8-9-17(24-11-5-10-23-2)19-16(13)12-25(22)18-20-14-6-3-4-7-15(14)21-18;/h3-4,6-9H,5,10-12H2,1-2H3,(H,20,21);/q;+1. The molecule has 1 atom stereocenters. The average Bonchev–Trinajstić information content (AvgIpc) is 3.05. The molecule has 3 rings (SSSR count). The first-order chi connectivity index (χ1) is 12.2. The molecule has 2 aromatic heterocycles. The Kier molecular flexibility index (Phi) is 8.24. The monoisotopic (exact) mass is 382 g/mol. The van der Waals surface area contributed by atoms with E-state index in [1.165, 1.54) is 0 Å². The Balaban J connectivity index is 0.00000243. The number of aromatic amines is 1. The molecule has 2 heterocycles. The molecule has 0 saturated carbocycles. The van der Waals surface area contributed by atoms with Gasteiger partial charge in [0, 0.05) is 26.2 Å². The Labute approximate surface area is 177 Å². The molecule has 1 N–H and O–H groups in total. The predicted octanol–water partition coefficient (Wildman–Crippen LogP) is -0.00658. The van der Waals surface area contributed by atoms with Crippen LogP contribution in [0.4, 0.5) is 0 Å². The van der Waals surface area contributed by atoms with Crippen LogP contribution in [0.25, 0.3) is 11.0 Å². The first kappa shape index (κ1) is 21.1. The average molecular weight is 382 g/mol. The van der Waals surface area contributed by atoms with Crippen LogP contribution in [0, 0.1) is 6.92 Å². The molecule has 26 heavy (non-hydrogen) atoms. The van der Waals surface area contributed by atoms with Crippen LogP contribution in [0.1, 0.15) is 17.7 Å². The van der Waals surface area contributed by atoms with Gasteiger partial charge in [0.1, 0.15) is 0 Å². The molecule has 0 amide bonds. The molecule has 0 aliphatic carbocycles. The van der Waals surface area contributed by atoms with Crippen LogP contribution in [0.5, 0.6) is 5.88 Å². The number of H-pyrrole nitrogens is 1. The first-order valence-corrected chi connectivity index (χ1v) is 9.40. The van der Waals surface area contributed by atoms with E-state index in [0.29, 0.717) is 30.0 Å². The quantitative estimate of drug-likeness (QED) is 0.438. The van der Waals surface area contributed by atoms with E-state index in [9.17, 15) is 4.21 Å². The molecule has 1 unspecified atom stereocenters. The first-order valence-electron chi connectivity index (χ1n) is 8.09. The Hall–Kier alpha value is -1.25. The van der Waals surface area contributed by atoms with Gasteiger partial charge < -0.3 is 14.5 Å². The van der Waals surface area contributed by atoms with Crippen molar-refractivity contribution in [2.75, 3.05) is 20.3 Å². The molecule has 132 valence electrons. The topological polar surface area (TPSA) is 77.1 Å². The Morgan fingerprint density at radius 2 is 1.92 bits per heavy atom. The van der Waals surface area contributed by atoms with Gasteiger partial charge in [0.25, 0.3) is 0 Å². The zero-order chi connectivity index (χ0) is 17.6. The minimum atomic E-state index is -1.30. The maximum atomic E-state index is 12.7. The minimum absolute atomic E-state index is 0. The van der Waals surface area contributed by atoms with Gasteiger partial charge in [-0.1, -0.05) is 18.2 Å². The van der Waals surface area contributed by atoms with Crippen molar-refractivity contribution in [1.29, 1.82) is 0 Å². The Morgan fingerprint density at radius 3 is 2.69 bits per heavy atom. The van der Waals surface area contributed by atoms with Gasteiger partial charge in [-0.25, -0.2) is 9.97 Å². The molecule has 0 spiro atoms. The number of methoxy groups -OCH3 is 1. The number of fused-ring (bicyclic) bond motifs is 1. The summed E-state index contributed by atoms with van der Waals surface area (Å²) in [5, 5.41) is 0.466. The molecular formula is C18H21N3NaO3S+. The Morgan fingerprint density at radius 1 is 1.12 bits per heavy atom. The van der Waals surface area contributed by atoms with E-state index < -0.39 is 10.8 Å². The van der Waals surface area contributed by atoms with E-state index in [1.54, 1.807) is 7.11 Å². The number of ether oxygens (including phenoxy) is 2. The molecular weight excluding hydrogens is 361 g/mol. The summed E-state index contributed by atoms with van der Waals surface area (Å²) < 4.78 is 23.3. The number of para-hydroxylation sites is 2. The summed E-state index contributed by atoms with van der Waals surface area (Å²) in [7, 11) is 0.363. The third-order valence-electron chi connectivity index (χ3n) is 3.77. The summed E-state index contributed by atoms with van der Waals surface area (Å²) in [6.45, 7) is 3.14.